The van der Waals surface area contributed by atoms with E-state index >= 15 is 0 Å². The van der Waals surface area contributed by atoms with Crippen molar-refractivity contribution in [2.45, 2.75) is 6.18 Å². The number of carbonyl (C=O) groups is 1. The molecule has 0 aromatic heterocycles. The van der Waals surface area contributed by atoms with Crippen LogP contribution in [0.3, 0.4) is 0 Å². The van der Waals surface area contributed by atoms with Gasteiger partial charge in [-0.1, -0.05) is 0 Å². The summed E-state index contributed by atoms with van der Waals surface area (Å²) >= 11 is 0. The molecule has 17 heavy (non-hydrogen) atoms. The molecule has 1 aromatic rings. The molecular formula is C8H4F3NO5. The molecule has 0 aliphatic heterocycles. The fourth-order valence-electron chi connectivity index (χ4n) is 1.13. The van der Waals surface area contributed by atoms with Gasteiger partial charge in [0, 0.05) is 12.1 Å². The fourth-order valence-corrected chi connectivity index (χ4v) is 1.13. The smallest absolute Gasteiger partial charge is 0.417 e. The molecule has 2 N–H and O–H groups in total. The highest BCUT2D eigenvalue weighted by atomic mass is 19.4. The Labute approximate surface area is 91.1 Å². The van der Waals surface area contributed by atoms with Crippen molar-refractivity contribution in [3.63, 3.8) is 0 Å². The topological polar surface area (TPSA) is 101 Å². The quantitative estimate of drug-likeness (QED) is 0.618. The number of nitrogens with zero attached hydrogens (tertiary/aromatic N) is 1. The maximum absolute atomic E-state index is 12.4. The zero-order chi connectivity index (χ0) is 13.4. The molecule has 9 heteroatoms. The highest BCUT2D eigenvalue weighted by Crippen LogP contribution is 2.38. The first-order valence-corrected chi connectivity index (χ1v) is 3.96. The summed E-state index contributed by atoms with van der Waals surface area (Å²) < 4.78 is 37.1. The van der Waals surface area contributed by atoms with Gasteiger partial charge >= 0.3 is 17.8 Å². The van der Waals surface area contributed by atoms with Gasteiger partial charge in [0.15, 0.2) is 5.75 Å². The lowest BCUT2D eigenvalue weighted by atomic mass is 10.1. The summed E-state index contributed by atoms with van der Waals surface area (Å²) in [5.74, 6) is -3.22. The molecule has 0 aliphatic rings. The third-order valence-corrected chi connectivity index (χ3v) is 1.85. The van der Waals surface area contributed by atoms with Crippen LogP contribution in [0.5, 0.6) is 5.75 Å². The van der Waals surface area contributed by atoms with E-state index in [1.807, 2.05) is 0 Å². The molecule has 0 fully saturated rings. The lowest BCUT2D eigenvalue weighted by Crippen LogP contribution is -2.13. The van der Waals surface area contributed by atoms with Gasteiger partial charge in [0.2, 0.25) is 0 Å². The normalized spacial score (nSPS) is 11.2. The largest absolute Gasteiger partial charge is 0.502 e. The van der Waals surface area contributed by atoms with Crippen LogP contribution < -0.4 is 0 Å². The second-order valence-electron chi connectivity index (χ2n) is 2.95. The summed E-state index contributed by atoms with van der Waals surface area (Å²) in [6.45, 7) is 0. The zero-order valence-corrected chi connectivity index (χ0v) is 7.85. The number of carboxylic acid groups (broad SMARTS) is 1. The average molecular weight is 251 g/mol. The molecule has 0 unspecified atom stereocenters. The lowest BCUT2D eigenvalue weighted by Gasteiger charge is -2.10. The molecule has 92 valence electrons. The van der Waals surface area contributed by atoms with Gasteiger partial charge in [-0.05, 0) is 0 Å². The molecule has 0 amide bonds. The van der Waals surface area contributed by atoms with Crippen molar-refractivity contribution in [2.24, 2.45) is 0 Å². The Morgan fingerprint density at radius 1 is 1.35 bits per heavy atom. The third kappa shape index (κ3) is 2.44. The minimum absolute atomic E-state index is 0.0155. The van der Waals surface area contributed by atoms with E-state index in [4.69, 9.17) is 10.2 Å². The number of hydrogen-bond donors (Lipinski definition) is 2. The predicted molar refractivity (Wildman–Crippen MR) is 46.7 cm³/mol. The molecule has 0 atom stereocenters. The molecule has 0 heterocycles. The molecule has 0 radical (unpaired) electrons. The first-order valence-electron chi connectivity index (χ1n) is 3.96. The molecule has 0 saturated carbocycles. The van der Waals surface area contributed by atoms with Crippen molar-refractivity contribution in [3.8, 4) is 5.75 Å². The van der Waals surface area contributed by atoms with Crippen LogP contribution in [0, 0.1) is 10.1 Å². The molecule has 1 rings (SSSR count). The number of phenols is 1. The van der Waals surface area contributed by atoms with Gasteiger partial charge in [-0.3, -0.25) is 10.1 Å². The van der Waals surface area contributed by atoms with Crippen LogP contribution in [0.4, 0.5) is 18.9 Å². The second kappa shape index (κ2) is 3.92. The number of alkyl halides is 3. The molecule has 0 aliphatic carbocycles. The van der Waals surface area contributed by atoms with E-state index in [-0.39, 0.29) is 12.1 Å². The molecule has 0 spiro atoms. The number of nitro benzene ring substituents is 1. The lowest BCUT2D eigenvalue weighted by molar-refractivity contribution is -0.385. The van der Waals surface area contributed by atoms with Crippen molar-refractivity contribution in [1.82, 2.24) is 0 Å². The number of aromatic hydroxyl groups is 1. The maximum atomic E-state index is 12.4. The Morgan fingerprint density at radius 2 is 1.88 bits per heavy atom. The first kappa shape index (κ1) is 12.7. The minimum Gasteiger partial charge on any atom is -0.502 e. The van der Waals surface area contributed by atoms with E-state index in [2.05, 4.69) is 0 Å². The number of nitro groups is 1. The van der Waals surface area contributed by atoms with E-state index < -0.39 is 39.6 Å². The van der Waals surface area contributed by atoms with Gasteiger partial charge in [0.05, 0.1) is 16.1 Å². The van der Waals surface area contributed by atoms with Crippen molar-refractivity contribution >= 4 is 11.7 Å². The number of carboxylic acids is 1. The van der Waals surface area contributed by atoms with Gasteiger partial charge in [0.25, 0.3) is 0 Å². The minimum atomic E-state index is -5.03. The number of hydrogen-bond acceptors (Lipinski definition) is 4. The van der Waals surface area contributed by atoms with Crippen LogP contribution in [0.15, 0.2) is 12.1 Å². The van der Waals surface area contributed by atoms with Crippen LogP contribution in [0.2, 0.25) is 0 Å². The van der Waals surface area contributed by atoms with E-state index in [1.165, 1.54) is 0 Å². The monoisotopic (exact) mass is 251 g/mol. The van der Waals surface area contributed by atoms with Crippen LogP contribution in [-0.4, -0.2) is 21.1 Å². The Hall–Kier alpha value is -2.32. The SMILES string of the molecule is O=C(O)c1cc([N+](=O)[O-])c(O)cc1C(F)(F)F. The molecule has 0 saturated heterocycles. The van der Waals surface area contributed by atoms with Crippen LogP contribution in [0.25, 0.3) is 0 Å². The summed E-state index contributed by atoms with van der Waals surface area (Å²) in [7, 11) is 0. The van der Waals surface area contributed by atoms with Crippen molar-refractivity contribution in [3.05, 3.63) is 33.4 Å². The number of phenolic OH excluding ortho intramolecular Hbond substituents is 1. The molecule has 1 aromatic carbocycles. The number of benzene rings is 1. The van der Waals surface area contributed by atoms with Gasteiger partial charge < -0.3 is 10.2 Å². The third-order valence-electron chi connectivity index (χ3n) is 1.85. The fraction of sp³-hybridized carbons (Fsp3) is 0.125. The predicted octanol–water partition coefficient (Wildman–Crippen LogP) is 2.02. The molecular weight excluding hydrogens is 247 g/mol. The summed E-state index contributed by atoms with van der Waals surface area (Å²) in [5, 5.41) is 27.8. The van der Waals surface area contributed by atoms with E-state index in [0.717, 1.165) is 0 Å². The van der Waals surface area contributed by atoms with Gasteiger partial charge in [-0.15, -0.1) is 0 Å². The van der Waals surface area contributed by atoms with Crippen LogP contribution in [-0.2, 0) is 6.18 Å². The van der Waals surface area contributed by atoms with Crippen LogP contribution in [0.1, 0.15) is 15.9 Å². The number of halogens is 3. The second-order valence-corrected chi connectivity index (χ2v) is 2.95. The Balaban J connectivity index is 3.58. The average Bonchev–Trinajstić information content (AvgIpc) is 2.14. The van der Waals surface area contributed by atoms with E-state index in [0.29, 0.717) is 0 Å². The van der Waals surface area contributed by atoms with Crippen LogP contribution >= 0.6 is 0 Å². The number of rotatable bonds is 2. The highest BCUT2D eigenvalue weighted by Gasteiger charge is 2.37. The molecule has 0 bridgehead atoms. The maximum Gasteiger partial charge on any atom is 0.417 e. The Bertz CT molecular complexity index is 497. The van der Waals surface area contributed by atoms with Gasteiger partial charge in [0.1, 0.15) is 0 Å². The van der Waals surface area contributed by atoms with Gasteiger partial charge in [-0.25, -0.2) is 4.79 Å². The van der Waals surface area contributed by atoms with Gasteiger partial charge in [-0.2, -0.15) is 13.2 Å². The Kier molecular flexibility index (Phi) is 2.94. The van der Waals surface area contributed by atoms with Crippen molar-refractivity contribution in [1.29, 1.82) is 0 Å². The summed E-state index contributed by atoms with van der Waals surface area (Å²) in [6.07, 6.45) is -5.03. The van der Waals surface area contributed by atoms with E-state index in [1.54, 1.807) is 0 Å². The summed E-state index contributed by atoms with van der Waals surface area (Å²) in [5.41, 5.74) is -4.04. The standard InChI is InChI=1S/C8H4F3NO5/c9-8(10,11)4-2-6(13)5(12(16)17)1-3(4)7(14)15/h1-2,13H,(H,14,15). The highest BCUT2D eigenvalue weighted by molar-refractivity contribution is 5.91. The summed E-state index contributed by atoms with van der Waals surface area (Å²) in [4.78, 5) is 19.7. The van der Waals surface area contributed by atoms with Crippen molar-refractivity contribution in [2.75, 3.05) is 0 Å². The summed E-state index contributed by atoms with van der Waals surface area (Å²) in [6, 6.07) is 0.183. The first-order chi connectivity index (χ1) is 7.64. The van der Waals surface area contributed by atoms with E-state index in [9.17, 15) is 28.1 Å². The molecule has 6 nitrogen and oxygen atoms in total. The number of aromatic carboxylic acids is 1. The zero-order valence-electron chi connectivity index (χ0n) is 7.85. The van der Waals surface area contributed by atoms with Crippen molar-refractivity contribution < 1.29 is 33.1 Å². The Morgan fingerprint density at radius 3 is 2.24 bits per heavy atom.